The molecule has 19 heavy (non-hydrogen) atoms. The second kappa shape index (κ2) is 5.16. The van der Waals surface area contributed by atoms with Gasteiger partial charge in [-0.05, 0) is 18.9 Å². The van der Waals surface area contributed by atoms with E-state index in [2.05, 4.69) is 5.32 Å². The van der Waals surface area contributed by atoms with Gasteiger partial charge in [-0.25, -0.2) is 8.42 Å². The molecular weight excluding hydrogens is 268 g/mol. The molecule has 0 saturated carbocycles. The lowest BCUT2D eigenvalue weighted by Gasteiger charge is -2.23. The van der Waals surface area contributed by atoms with Crippen LogP contribution in [0.1, 0.15) is 23.2 Å². The van der Waals surface area contributed by atoms with Gasteiger partial charge in [0.05, 0.1) is 11.5 Å². The van der Waals surface area contributed by atoms with Crippen molar-refractivity contribution in [2.24, 2.45) is 7.05 Å². The Kier molecular flexibility index (Phi) is 3.75. The van der Waals surface area contributed by atoms with Crippen LogP contribution in [0.2, 0.25) is 0 Å². The molecule has 2 rings (SSSR count). The Labute approximate surface area is 111 Å². The zero-order chi connectivity index (χ0) is 14.0. The summed E-state index contributed by atoms with van der Waals surface area (Å²) in [5, 5.41) is 2.77. The SMILES string of the molecule is Cn1ccc(C(=O)NC2CCS(=O)(=O)CC2)cc1=O. The van der Waals surface area contributed by atoms with Crippen molar-refractivity contribution in [3.05, 3.63) is 34.2 Å². The van der Waals surface area contributed by atoms with E-state index in [0.717, 1.165) is 0 Å². The molecular formula is C12H16N2O4S. The van der Waals surface area contributed by atoms with Crippen molar-refractivity contribution in [1.29, 1.82) is 0 Å². The van der Waals surface area contributed by atoms with Gasteiger partial charge in [-0.2, -0.15) is 0 Å². The second-order valence-electron chi connectivity index (χ2n) is 4.76. The molecule has 1 aliphatic heterocycles. The number of carbonyl (C=O) groups is 1. The van der Waals surface area contributed by atoms with Gasteiger partial charge in [0.15, 0.2) is 0 Å². The average molecular weight is 284 g/mol. The minimum atomic E-state index is -2.93. The summed E-state index contributed by atoms with van der Waals surface area (Å²) < 4.78 is 23.9. The largest absolute Gasteiger partial charge is 0.349 e. The van der Waals surface area contributed by atoms with Crippen LogP contribution in [0.4, 0.5) is 0 Å². The van der Waals surface area contributed by atoms with E-state index < -0.39 is 9.84 Å². The maximum atomic E-state index is 11.9. The van der Waals surface area contributed by atoms with Crippen LogP contribution < -0.4 is 10.9 Å². The first kappa shape index (κ1) is 13.8. The number of amides is 1. The highest BCUT2D eigenvalue weighted by molar-refractivity contribution is 7.91. The lowest BCUT2D eigenvalue weighted by Crippen LogP contribution is -2.41. The van der Waals surface area contributed by atoms with Gasteiger partial charge in [0, 0.05) is 30.9 Å². The molecule has 0 spiro atoms. The molecule has 1 aliphatic rings. The molecule has 1 fully saturated rings. The molecule has 1 saturated heterocycles. The molecule has 7 heteroatoms. The monoisotopic (exact) mass is 284 g/mol. The summed E-state index contributed by atoms with van der Waals surface area (Å²) in [6.45, 7) is 0. The van der Waals surface area contributed by atoms with Gasteiger partial charge in [-0.3, -0.25) is 9.59 Å². The predicted octanol–water partition coefficient (Wildman–Crippen LogP) is -0.308. The minimum absolute atomic E-state index is 0.106. The molecule has 0 aromatic carbocycles. The second-order valence-corrected chi connectivity index (χ2v) is 7.07. The Morgan fingerprint density at radius 2 is 2.00 bits per heavy atom. The molecule has 2 heterocycles. The highest BCUT2D eigenvalue weighted by atomic mass is 32.2. The van der Waals surface area contributed by atoms with Gasteiger partial charge >= 0.3 is 0 Å². The first-order valence-corrected chi connectivity index (χ1v) is 7.87. The van der Waals surface area contributed by atoms with E-state index in [1.165, 1.54) is 16.8 Å². The van der Waals surface area contributed by atoms with Crippen molar-refractivity contribution < 1.29 is 13.2 Å². The van der Waals surface area contributed by atoms with Crippen molar-refractivity contribution in [2.45, 2.75) is 18.9 Å². The fourth-order valence-corrected chi connectivity index (χ4v) is 3.48. The summed E-state index contributed by atoms with van der Waals surface area (Å²) in [5.41, 5.74) is 0.0513. The highest BCUT2D eigenvalue weighted by Crippen LogP contribution is 2.12. The van der Waals surface area contributed by atoms with Crippen LogP contribution >= 0.6 is 0 Å². The fourth-order valence-electron chi connectivity index (χ4n) is 1.99. The Morgan fingerprint density at radius 1 is 1.37 bits per heavy atom. The normalized spacial score (nSPS) is 19.0. The Morgan fingerprint density at radius 3 is 2.58 bits per heavy atom. The smallest absolute Gasteiger partial charge is 0.251 e. The molecule has 0 radical (unpaired) electrons. The number of hydrogen-bond donors (Lipinski definition) is 1. The van der Waals surface area contributed by atoms with E-state index in [-0.39, 0.29) is 29.0 Å². The van der Waals surface area contributed by atoms with Crippen LogP contribution in [0.3, 0.4) is 0 Å². The van der Waals surface area contributed by atoms with Crippen molar-refractivity contribution in [3.8, 4) is 0 Å². The lowest BCUT2D eigenvalue weighted by atomic mass is 10.1. The number of nitrogens with zero attached hydrogens (tertiary/aromatic N) is 1. The summed E-state index contributed by atoms with van der Waals surface area (Å²) in [7, 11) is -1.33. The maximum Gasteiger partial charge on any atom is 0.251 e. The Hall–Kier alpha value is -1.63. The van der Waals surface area contributed by atoms with E-state index >= 15 is 0 Å². The number of sulfone groups is 1. The molecule has 1 amide bonds. The topological polar surface area (TPSA) is 85.2 Å². The van der Waals surface area contributed by atoms with Crippen LogP contribution in [-0.2, 0) is 16.9 Å². The van der Waals surface area contributed by atoms with Gasteiger partial charge in [0.1, 0.15) is 9.84 Å². The van der Waals surface area contributed by atoms with Gasteiger partial charge < -0.3 is 9.88 Å². The van der Waals surface area contributed by atoms with Crippen LogP contribution in [0.5, 0.6) is 0 Å². The molecule has 0 bridgehead atoms. The highest BCUT2D eigenvalue weighted by Gasteiger charge is 2.24. The van der Waals surface area contributed by atoms with Gasteiger partial charge in [0.25, 0.3) is 11.5 Å². The molecule has 0 atom stereocenters. The van der Waals surface area contributed by atoms with E-state index in [1.807, 2.05) is 0 Å². The summed E-state index contributed by atoms with van der Waals surface area (Å²) in [5.74, 6) is -0.120. The standard InChI is InChI=1S/C12H16N2O4S/c1-14-5-2-9(8-11(14)15)12(16)13-10-3-6-19(17,18)7-4-10/h2,5,8,10H,3-4,6-7H2,1H3,(H,13,16). The first-order valence-electron chi connectivity index (χ1n) is 6.05. The lowest BCUT2D eigenvalue weighted by molar-refractivity contribution is 0.0934. The summed E-state index contributed by atoms with van der Waals surface area (Å²) >= 11 is 0. The van der Waals surface area contributed by atoms with E-state index in [9.17, 15) is 18.0 Å². The number of carbonyl (C=O) groups excluding carboxylic acids is 1. The number of aryl methyl sites for hydroxylation is 1. The zero-order valence-electron chi connectivity index (χ0n) is 10.6. The van der Waals surface area contributed by atoms with Crippen molar-refractivity contribution >= 4 is 15.7 Å². The fraction of sp³-hybridized carbons (Fsp3) is 0.500. The average Bonchev–Trinajstić information content (AvgIpc) is 2.35. The van der Waals surface area contributed by atoms with Crippen LogP contribution in [0.15, 0.2) is 23.1 Å². The zero-order valence-corrected chi connectivity index (χ0v) is 11.4. The van der Waals surface area contributed by atoms with Crippen LogP contribution in [0, 0.1) is 0 Å². The first-order chi connectivity index (χ1) is 8.87. The molecule has 0 aliphatic carbocycles. The van der Waals surface area contributed by atoms with Crippen LogP contribution in [0.25, 0.3) is 0 Å². The minimum Gasteiger partial charge on any atom is -0.349 e. The van der Waals surface area contributed by atoms with E-state index in [1.54, 1.807) is 13.1 Å². The van der Waals surface area contributed by atoms with Gasteiger partial charge in [-0.15, -0.1) is 0 Å². The number of hydrogen-bond acceptors (Lipinski definition) is 4. The molecule has 1 aromatic rings. The number of pyridine rings is 1. The van der Waals surface area contributed by atoms with Crippen molar-refractivity contribution in [2.75, 3.05) is 11.5 Å². The summed E-state index contributed by atoms with van der Waals surface area (Å²) in [6.07, 6.45) is 2.39. The van der Waals surface area contributed by atoms with E-state index in [0.29, 0.717) is 18.4 Å². The Bertz CT molecular complexity index is 634. The van der Waals surface area contributed by atoms with Gasteiger partial charge in [-0.1, -0.05) is 0 Å². The molecule has 1 aromatic heterocycles. The van der Waals surface area contributed by atoms with Gasteiger partial charge in [0.2, 0.25) is 0 Å². The van der Waals surface area contributed by atoms with Crippen molar-refractivity contribution in [3.63, 3.8) is 0 Å². The summed E-state index contributed by atoms with van der Waals surface area (Å²) in [4.78, 5) is 23.4. The number of nitrogens with one attached hydrogen (secondary N) is 1. The molecule has 104 valence electrons. The quantitative estimate of drug-likeness (QED) is 0.807. The third-order valence-corrected chi connectivity index (χ3v) is 4.97. The number of rotatable bonds is 2. The maximum absolute atomic E-state index is 11.9. The van der Waals surface area contributed by atoms with Crippen molar-refractivity contribution in [1.82, 2.24) is 9.88 Å². The summed E-state index contributed by atoms with van der Waals surface area (Å²) in [6, 6.07) is 2.70. The molecule has 1 N–H and O–H groups in total. The van der Waals surface area contributed by atoms with E-state index in [4.69, 9.17) is 0 Å². The predicted molar refractivity (Wildman–Crippen MR) is 70.8 cm³/mol. The molecule has 0 unspecified atom stereocenters. The molecule has 6 nitrogen and oxygen atoms in total. The Balaban J connectivity index is 2.02. The van der Waals surface area contributed by atoms with Crippen LogP contribution in [-0.4, -0.2) is 36.4 Å². The third-order valence-electron chi connectivity index (χ3n) is 3.26. The number of aromatic nitrogens is 1. The third kappa shape index (κ3) is 3.44.